The van der Waals surface area contributed by atoms with E-state index in [1.54, 1.807) is 0 Å². The lowest BCUT2D eigenvalue weighted by atomic mass is 9.98. The minimum absolute atomic E-state index is 0.0487. The number of hydrogen-bond acceptors (Lipinski definition) is 2. The van der Waals surface area contributed by atoms with Gasteiger partial charge in [0.2, 0.25) is 5.91 Å². The Hall–Kier alpha value is -1.20. The van der Waals surface area contributed by atoms with Crippen molar-refractivity contribution in [1.82, 2.24) is 10.3 Å². The predicted molar refractivity (Wildman–Crippen MR) is 70.7 cm³/mol. The Bertz CT molecular complexity index is 440. The van der Waals surface area contributed by atoms with Gasteiger partial charge in [-0.15, -0.1) is 0 Å². The fourth-order valence-corrected chi connectivity index (χ4v) is 1.79. The molecule has 0 saturated heterocycles. The van der Waals surface area contributed by atoms with Crippen LogP contribution in [-0.2, 0) is 4.79 Å². The second-order valence-electron chi connectivity index (χ2n) is 4.08. The third kappa shape index (κ3) is 3.40. The van der Waals surface area contributed by atoms with E-state index in [0.717, 1.165) is 6.42 Å². The SMILES string of the molecule is CCC(C)C(NC(=O)c1cc(Cl)c(Cl)[nH]1)C(N)=O. The molecule has 1 rings (SSSR count). The summed E-state index contributed by atoms with van der Waals surface area (Å²) in [6.07, 6.45) is 0.722. The summed E-state index contributed by atoms with van der Waals surface area (Å²) in [5.41, 5.74) is 5.45. The Kier molecular flexibility index (Phi) is 5.04. The summed E-state index contributed by atoms with van der Waals surface area (Å²) >= 11 is 11.4. The molecule has 1 aromatic rings. The van der Waals surface area contributed by atoms with Crippen molar-refractivity contribution in [1.29, 1.82) is 0 Å². The first-order chi connectivity index (χ1) is 8.36. The van der Waals surface area contributed by atoms with Gasteiger partial charge in [0.15, 0.2) is 0 Å². The van der Waals surface area contributed by atoms with Crippen LogP contribution in [0.5, 0.6) is 0 Å². The summed E-state index contributed by atoms with van der Waals surface area (Å²) < 4.78 is 0. The smallest absolute Gasteiger partial charge is 0.268 e. The van der Waals surface area contributed by atoms with E-state index in [9.17, 15) is 9.59 Å². The number of rotatable bonds is 5. The van der Waals surface area contributed by atoms with Gasteiger partial charge in [0.05, 0.1) is 5.02 Å². The molecule has 1 aromatic heterocycles. The molecule has 0 bridgehead atoms. The van der Waals surface area contributed by atoms with Crippen LogP contribution in [0.3, 0.4) is 0 Å². The van der Waals surface area contributed by atoms with E-state index in [2.05, 4.69) is 10.3 Å². The zero-order valence-corrected chi connectivity index (χ0v) is 11.6. The van der Waals surface area contributed by atoms with Crippen LogP contribution in [0.1, 0.15) is 30.8 Å². The van der Waals surface area contributed by atoms with E-state index in [-0.39, 0.29) is 21.8 Å². The lowest BCUT2D eigenvalue weighted by Crippen LogP contribution is -2.48. The summed E-state index contributed by atoms with van der Waals surface area (Å²) in [4.78, 5) is 25.8. The first-order valence-electron chi connectivity index (χ1n) is 5.51. The lowest BCUT2D eigenvalue weighted by molar-refractivity contribution is -0.120. The summed E-state index contributed by atoms with van der Waals surface area (Å²) in [6, 6.07) is 0.678. The molecule has 0 saturated carbocycles. The first-order valence-corrected chi connectivity index (χ1v) is 6.26. The highest BCUT2D eigenvalue weighted by molar-refractivity contribution is 6.41. The third-order valence-corrected chi connectivity index (χ3v) is 3.47. The number of primary amides is 1. The van der Waals surface area contributed by atoms with E-state index in [0.29, 0.717) is 0 Å². The molecule has 4 N–H and O–H groups in total. The van der Waals surface area contributed by atoms with Crippen molar-refractivity contribution in [2.75, 3.05) is 0 Å². The zero-order valence-electron chi connectivity index (χ0n) is 10.1. The number of nitrogens with one attached hydrogen (secondary N) is 2. The van der Waals surface area contributed by atoms with E-state index in [4.69, 9.17) is 28.9 Å². The maximum Gasteiger partial charge on any atom is 0.268 e. The number of H-pyrrole nitrogens is 1. The lowest BCUT2D eigenvalue weighted by Gasteiger charge is -2.20. The summed E-state index contributed by atoms with van der Waals surface area (Å²) in [7, 11) is 0. The van der Waals surface area contributed by atoms with Crippen LogP contribution >= 0.6 is 23.2 Å². The highest BCUT2D eigenvalue weighted by atomic mass is 35.5. The van der Waals surface area contributed by atoms with E-state index < -0.39 is 17.9 Å². The largest absolute Gasteiger partial charge is 0.368 e. The molecule has 0 aliphatic heterocycles. The normalized spacial score (nSPS) is 14.0. The third-order valence-electron chi connectivity index (χ3n) is 2.78. The Labute approximate surface area is 115 Å². The minimum Gasteiger partial charge on any atom is -0.368 e. The van der Waals surface area contributed by atoms with E-state index in [1.807, 2.05) is 13.8 Å². The van der Waals surface area contributed by atoms with Gasteiger partial charge in [-0.2, -0.15) is 0 Å². The molecule has 18 heavy (non-hydrogen) atoms. The molecule has 0 spiro atoms. The van der Waals surface area contributed by atoms with Crippen LogP contribution in [0.25, 0.3) is 0 Å². The molecule has 5 nitrogen and oxygen atoms in total. The van der Waals surface area contributed by atoms with Gasteiger partial charge in [-0.1, -0.05) is 43.5 Å². The number of aromatic nitrogens is 1. The topological polar surface area (TPSA) is 88.0 Å². The Morgan fingerprint density at radius 3 is 2.50 bits per heavy atom. The second-order valence-corrected chi connectivity index (χ2v) is 4.87. The van der Waals surface area contributed by atoms with Gasteiger partial charge in [0.1, 0.15) is 16.9 Å². The van der Waals surface area contributed by atoms with Crippen LogP contribution < -0.4 is 11.1 Å². The van der Waals surface area contributed by atoms with Crippen molar-refractivity contribution in [2.24, 2.45) is 11.7 Å². The molecule has 0 fully saturated rings. The average Bonchev–Trinajstić information content (AvgIpc) is 2.65. The monoisotopic (exact) mass is 291 g/mol. The number of carbonyl (C=O) groups is 2. The second kappa shape index (κ2) is 6.11. The fourth-order valence-electron chi connectivity index (χ4n) is 1.47. The van der Waals surface area contributed by atoms with Gasteiger partial charge < -0.3 is 16.0 Å². The molecule has 2 amide bonds. The molecule has 100 valence electrons. The molecule has 7 heteroatoms. The average molecular weight is 292 g/mol. The number of aromatic amines is 1. The first kappa shape index (κ1) is 14.9. The minimum atomic E-state index is -0.719. The number of amides is 2. The van der Waals surface area contributed by atoms with Crippen LogP contribution in [0.15, 0.2) is 6.07 Å². The maximum atomic E-state index is 11.9. The predicted octanol–water partition coefficient (Wildman–Crippen LogP) is 1.95. The van der Waals surface area contributed by atoms with Crippen LogP contribution in [0, 0.1) is 5.92 Å². The van der Waals surface area contributed by atoms with Gasteiger partial charge in [-0.25, -0.2) is 0 Å². The standard InChI is InChI=1S/C11H15Cl2N3O2/c1-3-5(2)8(10(14)17)16-11(18)7-4-6(12)9(13)15-7/h4-5,8,15H,3H2,1-2H3,(H2,14,17)(H,16,18). The Morgan fingerprint density at radius 2 is 2.11 bits per heavy atom. The maximum absolute atomic E-state index is 11.9. The number of halogens is 2. The number of nitrogens with two attached hydrogens (primary N) is 1. The van der Waals surface area contributed by atoms with E-state index >= 15 is 0 Å². The molecule has 0 aliphatic rings. The van der Waals surface area contributed by atoms with Crippen molar-refractivity contribution < 1.29 is 9.59 Å². The molecule has 0 radical (unpaired) electrons. The van der Waals surface area contributed by atoms with Crippen molar-refractivity contribution in [3.63, 3.8) is 0 Å². The summed E-state index contributed by atoms with van der Waals surface area (Å²) in [6.45, 7) is 3.75. The van der Waals surface area contributed by atoms with Gasteiger partial charge in [0.25, 0.3) is 5.91 Å². The molecule has 1 heterocycles. The van der Waals surface area contributed by atoms with Gasteiger partial charge >= 0.3 is 0 Å². The molecular weight excluding hydrogens is 277 g/mol. The quantitative estimate of drug-likeness (QED) is 0.774. The van der Waals surface area contributed by atoms with Crippen LogP contribution in [-0.4, -0.2) is 22.8 Å². The molecule has 0 aliphatic carbocycles. The summed E-state index contributed by atoms with van der Waals surface area (Å²) in [5, 5.41) is 2.99. The van der Waals surface area contributed by atoms with Crippen molar-refractivity contribution in [3.8, 4) is 0 Å². The van der Waals surface area contributed by atoms with Gasteiger partial charge in [-0.3, -0.25) is 9.59 Å². The molecular formula is C11H15Cl2N3O2. The van der Waals surface area contributed by atoms with E-state index in [1.165, 1.54) is 6.07 Å². The van der Waals surface area contributed by atoms with Crippen LogP contribution in [0.2, 0.25) is 10.2 Å². The van der Waals surface area contributed by atoms with Crippen molar-refractivity contribution in [2.45, 2.75) is 26.3 Å². The molecule has 2 unspecified atom stereocenters. The molecule has 2 atom stereocenters. The fraction of sp³-hybridized carbons (Fsp3) is 0.455. The van der Waals surface area contributed by atoms with Crippen molar-refractivity contribution in [3.05, 3.63) is 21.9 Å². The van der Waals surface area contributed by atoms with Crippen molar-refractivity contribution >= 4 is 35.0 Å². The zero-order chi connectivity index (χ0) is 13.9. The van der Waals surface area contributed by atoms with Gasteiger partial charge in [0, 0.05) is 0 Å². The Morgan fingerprint density at radius 1 is 1.50 bits per heavy atom. The van der Waals surface area contributed by atoms with Gasteiger partial charge in [-0.05, 0) is 12.0 Å². The highest BCUT2D eigenvalue weighted by Crippen LogP contribution is 2.22. The summed E-state index contributed by atoms with van der Waals surface area (Å²) in [5.74, 6) is -1.08. The molecule has 0 aromatic carbocycles. The highest BCUT2D eigenvalue weighted by Gasteiger charge is 2.24. The Balaban J connectivity index is 2.81. The van der Waals surface area contributed by atoms with Crippen LogP contribution in [0.4, 0.5) is 0 Å². The number of carbonyl (C=O) groups excluding carboxylic acids is 2. The number of hydrogen-bond donors (Lipinski definition) is 3.